The Hall–Kier alpha value is -0.0500. The number of benzene rings is 1. The van der Waals surface area contributed by atoms with Crippen molar-refractivity contribution in [2.24, 2.45) is 0 Å². The first-order valence-electron chi connectivity index (χ1n) is 6.30. The fourth-order valence-corrected chi connectivity index (χ4v) is 3.10. The van der Waals surface area contributed by atoms with Gasteiger partial charge in [0.1, 0.15) is 0 Å². The second kappa shape index (κ2) is 6.21. The van der Waals surface area contributed by atoms with E-state index in [9.17, 15) is 0 Å². The summed E-state index contributed by atoms with van der Waals surface area (Å²) in [6, 6.07) is 8.49. The Labute approximate surface area is 117 Å². The van der Waals surface area contributed by atoms with Crippen LogP contribution in [0.3, 0.4) is 0 Å². The molecule has 1 fully saturated rings. The predicted molar refractivity (Wildman–Crippen MR) is 77.5 cm³/mol. The van der Waals surface area contributed by atoms with Gasteiger partial charge in [-0.2, -0.15) is 0 Å². The van der Waals surface area contributed by atoms with Gasteiger partial charge in [0.05, 0.1) is 0 Å². The monoisotopic (exact) mass is 315 g/mol. The Balaban J connectivity index is 1.93. The van der Waals surface area contributed by atoms with E-state index in [1.807, 2.05) is 0 Å². The zero-order valence-corrected chi connectivity index (χ0v) is 12.4. The molecular formula is C14H19BrClN. The fourth-order valence-electron chi connectivity index (χ4n) is 2.48. The van der Waals surface area contributed by atoms with Gasteiger partial charge in [0, 0.05) is 22.4 Å². The summed E-state index contributed by atoms with van der Waals surface area (Å²) < 4.78 is 1.13. The van der Waals surface area contributed by atoms with Crippen LogP contribution in [0.2, 0.25) is 0 Å². The maximum Gasteiger partial charge on any atom is 0.0406 e. The van der Waals surface area contributed by atoms with Gasteiger partial charge >= 0.3 is 0 Å². The molecule has 0 aromatic heterocycles. The SMILES string of the molecule is ClCC1(NCc2ccc(Br)cc2)CCCCC1. The third kappa shape index (κ3) is 3.70. The molecule has 1 nitrogen and oxygen atoms in total. The zero-order valence-electron chi connectivity index (χ0n) is 10.0. The minimum absolute atomic E-state index is 0.173. The van der Waals surface area contributed by atoms with Crippen LogP contribution in [0.4, 0.5) is 0 Å². The van der Waals surface area contributed by atoms with Crippen molar-refractivity contribution in [2.45, 2.75) is 44.2 Å². The van der Waals surface area contributed by atoms with E-state index in [1.54, 1.807) is 0 Å². The first-order valence-corrected chi connectivity index (χ1v) is 7.62. The van der Waals surface area contributed by atoms with Crippen LogP contribution in [0.15, 0.2) is 28.7 Å². The van der Waals surface area contributed by atoms with Crippen LogP contribution in [0.5, 0.6) is 0 Å². The predicted octanol–water partition coefficient (Wildman–Crippen LogP) is 4.48. The molecule has 0 saturated heterocycles. The lowest BCUT2D eigenvalue weighted by Gasteiger charge is -2.36. The average molecular weight is 317 g/mol. The van der Waals surface area contributed by atoms with Crippen molar-refractivity contribution in [1.82, 2.24) is 5.32 Å². The van der Waals surface area contributed by atoms with Gasteiger partial charge in [0.2, 0.25) is 0 Å². The number of nitrogens with one attached hydrogen (secondary N) is 1. The summed E-state index contributed by atoms with van der Waals surface area (Å²) in [4.78, 5) is 0. The van der Waals surface area contributed by atoms with Crippen LogP contribution < -0.4 is 5.32 Å². The van der Waals surface area contributed by atoms with E-state index in [0.717, 1.165) is 16.9 Å². The van der Waals surface area contributed by atoms with E-state index in [0.29, 0.717) is 0 Å². The zero-order chi connectivity index (χ0) is 12.1. The molecule has 3 heteroatoms. The normalized spacial score (nSPS) is 19.2. The highest BCUT2D eigenvalue weighted by Gasteiger charge is 2.30. The molecule has 0 aliphatic heterocycles. The first kappa shape index (κ1) is 13.4. The summed E-state index contributed by atoms with van der Waals surface area (Å²) in [7, 11) is 0. The summed E-state index contributed by atoms with van der Waals surface area (Å²) in [6.45, 7) is 0.917. The number of halogens is 2. The standard InChI is InChI=1S/C14H19BrClN/c15-13-6-4-12(5-7-13)10-17-14(11-16)8-2-1-3-9-14/h4-7,17H,1-3,8-11H2. The molecule has 0 bridgehead atoms. The molecule has 1 saturated carbocycles. The summed E-state index contributed by atoms with van der Waals surface area (Å²) in [5.41, 5.74) is 1.50. The molecule has 0 unspecified atom stereocenters. The van der Waals surface area contributed by atoms with Gasteiger partial charge in [-0.3, -0.25) is 0 Å². The van der Waals surface area contributed by atoms with Crippen molar-refractivity contribution in [1.29, 1.82) is 0 Å². The highest BCUT2D eigenvalue weighted by molar-refractivity contribution is 9.10. The molecule has 0 heterocycles. The summed E-state index contributed by atoms with van der Waals surface area (Å²) >= 11 is 9.61. The van der Waals surface area contributed by atoms with Crippen LogP contribution in [0.25, 0.3) is 0 Å². The smallest absolute Gasteiger partial charge is 0.0406 e. The third-order valence-corrected chi connectivity index (χ3v) is 4.69. The van der Waals surface area contributed by atoms with E-state index in [2.05, 4.69) is 45.5 Å². The molecule has 1 aromatic carbocycles. The molecule has 1 N–H and O–H groups in total. The van der Waals surface area contributed by atoms with E-state index < -0.39 is 0 Å². The number of rotatable bonds is 4. The Bertz CT molecular complexity index is 344. The van der Waals surface area contributed by atoms with Gasteiger partial charge in [-0.05, 0) is 30.5 Å². The van der Waals surface area contributed by atoms with E-state index in [1.165, 1.54) is 37.7 Å². The molecule has 94 valence electrons. The largest absolute Gasteiger partial charge is 0.306 e. The van der Waals surface area contributed by atoms with Crippen molar-refractivity contribution in [3.05, 3.63) is 34.3 Å². The molecule has 0 amide bonds. The van der Waals surface area contributed by atoms with Gasteiger partial charge in [-0.15, -0.1) is 11.6 Å². The average Bonchev–Trinajstić information content (AvgIpc) is 2.39. The Morgan fingerprint density at radius 2 is 1.76 bits per heavy atom. The van der Waals surface area contributed by atoms with Crippen LogP contribution in [0.1, 0.15) is 37.7 Å². The van der Waals surface area contributed by atoms with E-state index in [-0.39, 0.29) is 5.54 Å². The van der Waals surface area contributed by atoms with Crippen LogP contribution in [-0.4, -0.2) is 11.4 Å². The molecule has 17 heavy (non-hydrogen) atoms. The Kier molecular flexibility index (Phi) is 4.89. The minimum Gasteiger partial charge on any atom is -0.306 e. The molecule has 1 aliphatic rings. The number of hydrogen-bond acceptors (Lipinski definition) is 1. The molecule has 2 rings (SSSR count). The first-order chi connectivity index (χ1) is 8.24. The molecule has 1 aliphatic carbocycles. The van der Waals surface area contributed by atoms with Crippen LogP contribution in [0, 0.1) is 0 Å². The van der Waals surface area contributed by atoms with Crippen molar-refractivity contribution < 1.29 is 0 Å². The lowest BCUT2D eigenvalue weighted by atomic mass is 9.83. The highest BCUT2D eigenvalue weighted by Crippen LogP contribution is 2.29. The van der Waals surface area contributed by atoms with Crippen molar-refractivity contribution in [3.8, 4) is 0 Å². The van der Waals surface area contributed by atoms with Crippen molar-refractivity contribution in [3.63, 3.8) is 0 Å². The minimum atomic E-state index is 0.173. The fraction of sp³-hybridized carbons (Fsp3) is 0.571. The second-order valence-corrected chi connectivity index (χ2v) is 6.14. The summed E-state index contributed by atoms with van der Waals surface area (Å²) in [5, 5.41) is 3.67. The quantitative estimate of drug-likeness (QED) is 0.808. The molecule has 0 spiro atoms. The van der Waals surface area contributed by atoms with Crippen molar-refractivity contribution in [2.75, 3.05) is 5.88 Å². The molecule has 1 aromatic rings. The van der Waals surface area contributed by atoms with Gasteiger partial charge < -0.3 is 5.32 Å². The van der Waals surface area contributed by atoms with Crippen molar-refractivity contribution >= 4 is 27.5 Å². The van der Waals surface area contributed by atoms with E-state index >= 15 is 0 Å². The summed E-state index contributed by atoms with van der Waals surface area (Å²) in [5.74, 6) is 0.726. The maximum atomic E-state index is 6.16. The second-order valence-electron chi connectivity index (χ2n) is 4.95. The van der Waals surface area contributed by atoms with Crippen LogP contribution >= 0.6 is 27.5 Å². The third-order valence-electron chi connectivity index (χ3n) is 3.65. The Morgan fingerprint density at radius 1 is 1.12 bits per heavy atom. The summed E-state index contributed by atoms with van der Waals surface area (Å²) in [6.07, 6.45) is 6.40. The molecular weight excluding hydrogens is 298 g/mol. The number of alkyl halides is 1. The van der Waals surface area contributed by atoms with E-state index in [4.69, 9.17) is 11.6 Å². The molecule has 0 radical (unpaired) electrons. The van der Waals surface area contributed by atoms with Crippen LogP contribution in [-0.2, 0) is 6.54 Å². The number of hydrogen-bond donors (Lipinski definition) is 1. The maximum absolute atomic E-state index is 6.16. The van der Waals surface area contributed by atoms with Gasteiger partial charge in [-0.1, -0.05) is 47.3 Å². The van der Waals surface area contributed by atoms with Gasteiger partial charge in [0.25, 0.3) is 0 Å². The lowest BCUT2D eigenvalue weighted by Crippen LogP contribution is -2.48. The lowest BCUT2D eigenvalue weighted by molar-refractivity contribution is 0.256. The van der Waals surface area contributed by atoms with Gasteiger partial charge in [-0.25, -0.2) is 0 Å². The van der Waals surface area contributed by atoms with Gasteiger partial charge in [0.15, 0.2) is 0 Å². The molecule has 0 atom stereocenters. The highest BCUT2D eigenvalue weighted by atomic mass is 79.9. The Morgan fingerprint density at radius 3 is 2.35 bits per heavy atom. The topological polar surface area (TPSA) is 12.0 Å².